The third-order valence-corrected chi connectivity index (χ3v) is 5.06. The Morgan fingerprint density at radius 1 is 1.35 bits per heavy atom. The average Bonchev–Trinajstić information content (AvgIpc) is 2.95. The number of aliphatic hydroxyl groups is 1. The third kappa shape index (κ3) is 2.47. The van der Waals surface area contributed by atoms with Crippen molar-refractivity contribution in [3.8, 4) is 0 Å². The van der Waals surface area contributed by atoms with Crippen molar-refractivity contribution < 1.29 is 22.4 Å². The molecule has 1 aromatic carbocycles. The van der Waals surface area contributed by atoms with Gasteiger partial charge in [-0.15, -0.1) is 0 Å². The quantitative estimate of drug-likeness (QED) is 0.752. The Kier molecular flexibility index (Phi) is 3.55. The second-order valence-corrected chi connectivity index (χ2v) is 6.77. The van der Waals surface area contributed by atoms with E-state index in [9.17, 15) is 13.5 Å². The molecule has 3 rings (SSSR count). The van der Waals surface area contributed by atoms with E-state index < -0.39 is 28.4 Å². The second kappa shape index (κ2) is 5.09. The maximum absolute atomic E-state index is 12.2. The largest absolute Gasteiger partial charge is 0.389 e. The molecule has 20 heavy (non-hydrogen) atoms. The highest BCUT2D eigenvalue weighted by atomic mass is 32.2. The minimum atomic E-state index is -3.82. The molecule has 0 radical (unpaired) electrons. The molecular weight excluding hydrogens is 282 g/mol. The van der Waals surface area contributed by atoms with Crippen molar-refractivity contribution in [1.82, 2.24) is 5.32 Å². The van der Waals surface area contributed by atoms with Gasteiger partial charge in [0.2, 0.25) is 0 Å². The first kappa shape index (κ1) is 14.0. The molecule has 2 fully saturated rings. The van der Waals surface area contributed by atoms with Crippen molar-refractivity contribution in [2.24, 2.45) is 0 Å². The number of rotatable bonds is 3. The molecule has 0 saturated carbocycles. The molecule has 0 aromatic heterocycles. The third-order valence-electron chi connectivity index (χ3n) is 3.71. The number of nitrogens with one attached hydrogen (secondary N) is 1. The van der Waals surface area contributed by atoms with E-state index in [1.165, 1.54) is 12.1 Å². The molecule has 2 saturated heterocycles. The molecule has 1 aromatic rings. The first-order valence-electron chi connectivity index (χ1n) is 6.50. The van der Waals surface area contributed by atoms with E-state index in [4.69, 9.17) is 8.92 Å². The monoisotopic (exact) mass is 299 g/mol. The van der Waals surface area contributed by atoms with Gasteiger partial charge in [0.05, 0.1) is 23.6 Å². The van der Waals surface area contributed by atoms with Crippen LogP contribution in [0.4, 0.5) is 0 Å². The van der Waals surface area contributed by atoms with Crippen molar-refractivity contribution in [3.05, 3.63) is 29.8 Å². The van der Waals surface area contributed by atoms with Gasteiger partial charge in [0.25, 0.3) is 10.1 Å². The van der Waals surface area contributed by atoms with Crippen LogP contribution < -0.4 is 5.32 Å². The molecule has 0 aliphatic carbocycles. The minimum Gasteiger partial charge on any atom is -0.389 e. The molecular formula is C13H17NO5S. The number of benzene rings is 1. The summed E-state index contributed by atoms with van der Waals surface area (Å²) in [4.78, 5) is 0.130. The summed E-state index contributed by atoms with van der Waals surface area (Å²) in [6.07, 6.45) is -1.65. The molecule has 4 atom stereocenters. The first-order chi connectivity index (χ1) is 9.47. The number of hydrogen-bond acceptors (Lipinski definition) is 6. The minimum absolute atomic E-state index is 0.130. The summed E-state index contributed by atoms with van der Waals surface area (Å²) < 4.78 is 35.1. The normalized spacial score (nSPS) is 33.3. The van der Waals surface area contributed by atoms with Crippen molar-refractivity contribution in [1.29, 1.82) is 0 Å². The number of hydrogen-bond donors (Lipinski definition) is 2. The van der Waals surface area contributed by atoms with Gasteiger partial charge in [-0.1, -0.05) is 17.7 Å². The van der Waals surface area contributed by atoms with Gasteiger partial charge in [-0.3, -0.25) is 4.18 Å². The fraction of sp³-hybridized carbons (Fsp3) is 0.538. The summed E-state index contributed by atoms with van der Waals surface area (Å²) in [7, 11) is -3.82. The lowest BCUT2D eigenvalue weighted by Gasteiger charge is -2.17. The predicted molar refractivity (Wildman–Crippen MR) is 70.8 cm³/mol. The molecule has 0 unspecified atom stereocenters. The van der Waals surface area contributed by atoms with Crippen LogP contribution in [0.15, 0.2) is 29.2 Å². The van der Waals surface area contributed by atoms with E-state index in [0.29, 0.717) is 6.54 Å². The molecule has 0 bridgehead atoms. The molecule has 6 nitrogen and oxygen atoms in total. The maximum Gasteiger partial charge on any atom is 0.297 e. The summed E-state index contributed by atoms with van der Waals surface area (Å²) in [6.45, 7) is 2.43. The fourth-order valence-corrected chi connectivity index (χ4v) is 3.69. The van der Waals surface area contributed by atoms with Crippen molar-refractivity contribution in [3.63, 3.8) is 0 Å². The Hall–Kier alpha value is -0.990. The lowest BCUT2D eigenvalue weighted by atomic mass is 10.1. The lowest BCUT2D eigenvalue weighted by molar-refractivity contribution is 0.0278. The molecule has 2 aliphatic heterocycles. The standard InChI is InChI=1S/C13H17NO5S/c1-8-2-4-9(5-3-8)20(16,17)19-11-6-14-12-10(15)7-18-13(11)12/h2-5,10-15H,6-7H2,1H3/t10-,11+,12+,13+/m0/s1. The van der Waals surface area contributed by atoms with Crippen molar-refractivity contribution >= 4 is 10.1 Å². The molecule has 2 N–H and O–H groups in total. The Balaban J connectivity index is 1.76. The number of fused-ring (bicyclic) bond motifs is 1. The van der Waals surface area contributed by atoms with Gasteiger partial charge in [0.1, 0.15) is 12.2 Å². The predicted octanol–water partition coefficient (Wildman–Crippen LogP) is -0.200. The topological polar surface area (TPSA) is 84.9 Å². The van der Waals surface area contributed by atoms with Gasteiger partial charge in [-0.05, 0) is 19.1 Å². The highest BCUT2D eigenvalue weighted by molar-refractivity contribution is 7.86. The Morgan fingerprint density at radius 2 is 2.05 bits per heavy atom. The van der Waals surface area contributed by atoms with Gasteiger partial charge >= 0.3 is 0 Å². The molecule has 0 amide bonds. The van der Waals surface area contributed by atoms with E-state index in [1.807, 2.05) is 6.92 Å². The van der Waals surface area contributed by atoms with Gasteiger partial charge in [0, 0.05) is 6.54 Å². The zero-order valence-electron chi connectivity index (χ0n) is 11.0. The Labute approximate surface area is 117 Å². The van der Waals surface area contributed by atoms with Crippen LogP contribution in [0.5, 0.6) is 0 Å². The van der Waals surface area contributed by atoms with Gasteiger partial charge in [0.15, 0.2) is 0 Å². The lowest BCUT2D eigenvalue weighted by Crippen LogP contribution is -2.37. The van der Waals surface area contributed by atoms with Crippen LogP contribution in [-0.2, 0) is 19.0 Å². The highest BCUT2D eigenvalue weighted by Gasteiger charge is 2.47. The summed E-state index contributed by atoms with van der Waals surface area (Å²) >= 11 is 0. The van der Waals surface area contributed by atoms with Gasteiger partial charge < -0.3 is 15.2 Å². The Morgan fingerprint density at radius 3 is 2.75 bits per heavy atom. The molecule has 7 heteroatoms. The average molecular weight is 299 g/mol. The molecule has 0 spiro atoms. The van der Waals surface area contributed by atoms with Gasteiger partial charge in [-0.2, -0.15) is 8.42 Å². The Bertz CT molecular complexity index is 585. The smallest absolute Gasteiger partial charge is 0.297 e. The van der Waals surface area contributed by atoms with Gasteiger partial charge in [-0.25, -0.2) is 0 Å². The van der Waals surface area contributed by atoms with Crippen molar-refractivity contribution in [2.45, 2.75) is 36.2 Å². The zero-order chi connectivity index (χ0) is 14.3. The summed E-state index contributed by atoms with van der Waals surface area (Å²) in [6, 6.07) is 6.24. The molecule has 2 aliphatic rings. The number of aliphatic hydroxyl groups excluding tert-OH is 1. The maximum atomic E-state index is 12.2. The van der Waals surface area contributed by atoms with Crippen LogP contribution in [-0.4, -0.2) is 51.0 Å². The van der Waals surface area contributed by atoms with Crippen LogP contribution in [0.3, 0.4) is 0 Å². The zero-order valence-corrected chi connectivity index (χ0v) is 11.8. The van der Waals surface area contributed by atoms with E-state index in [2.05, 4.69) is 5.32 Å². The van der Waals surface area contributed by atoms with E-state index in [0.717, 1.165) is 5.56 Å². The summed E-state index contributed by atoms with van der Waals surface area (Å²) in [5.74, 6) is 0. The number of ether oxygens (including phenoxy) is 1. The van der Waals surface area contributed by atoms with Crippen molar-refractivity contribution in [2.75, 3.05) is 13.2 Å². The van der Waals surface area contributed by atoms with Crippen LogP contribution in [0.25, 0.3) is 0 Å². The van der Waals surface area contributed by atoms with Crippen LogP contribution in [0.2, 0.25) is 0 Å². The molecule has 110 valence electrons. The second-order valence-electron chi connectivity index (χ2n) is 5.20. The van der Waals surface area contributed by atoms with Crippen LogP contribution >= 0.6 is 0 Å². The van der Waals surface area contributed by atoms with E-state index in [-0.39, 0.29) is 17.5 Å². The van der Waals surface area contributed by atoms with E-state index in [1.54, 1.807) is 12.1 Å². The van der Waals surface area contributed by atoms with Crippen LogP contribution in [0.1, 0.15) is 5.56 Å². The highest BCUT2D eigenvalue weighted by Crippen LogP contribution is 2.27. The van der Waals surface area contributed by atoms with E-state index >= 15 is 0 Å². The van der Waals surface area contributed by atoms with Crippen LogP contribution in [0, 0.1) is 6.92 Å². The summed E-state index contributed by atoms with van der Waals surface area (Å²) in [5.41, 5.74) is 0.980. The first-order valence-corrected chi connectivity index (χ1v) is 7.91. The SMILES string of the molecule is Cc1ccc(S(=O)(=O)O[C@@H]2CN[C@H]3[C@@H]2OC[C@@H]3O)cc1. The summed E-state index contributed by atoms with van der Waals surface area (Å²) in [5, 5.41) is 12.7. The number of aryl methyl sites for hydroxylation is 1. The molecule has 2 heterocycles. The fourth-order valence-electron chi connectivity index (χ4n) is 2.61.